The number of aromatic nitrogens is 1. The van der Waals surface area contributed by atoms with Crippen molar-refractivity contribution >= 4 is 11.7 Å². The average molecular weight is 391 g/mol. The Hall–Kier alpha value is -2.78. The first kappa shape index (κ1) is 18.6. The summed E-state index contributed by atoms with van der Waals surface area (Å²) in [7, 11) is 1.59. The van der Waals surface area contributed by atoms with E-state index in [1.165, 1.54) is 11.0 Å². The Kier molecular flexibility index (Phi) is 4.86. The molecule has 3 heterocycles. The molecule has 0 unspecified atom stereocenters. The molecule has 1 aromatic heterocycles. The highest BCUT2D eigenvalue weighted by molar-refractivity contribution is 5.89. The minimum absolute atomic E-state index is 0.143. The van der Waals surface area contributed by atoms with E-state index >= 15 is 0 Å². The number of ether oxygens (including phenoxy) is 2. The molecular formula is C19H19F2N3O4. The van der Waals surface area contributed by atoms with Gasteiger partial charge in [0.15, 0.2) is 11.6 Å². The normalized spacial score (nSPS) is 18.2. The molecule has 0 fully saturated rings. The second kappa shape index (κ2) is 7.33. The van der Waals surface area contributed by atoms with Gasteiger partial charge in [-0.1, -0.05) is 0 Å². The summed E-state index contributed by atoms with van der Waals surface area (Å²) in [6.45, 7) is 1.25. The number of likely N-dealkylation sites (N-methyl/N-ethyl adjacent to an activating group) is 1. The number of urea groups is 1. The van der Waals surface area contributed by atoms with E-state index in [1.54, 1.807) is 7.05 Å². The van der Waals surface area contributed by atoms with E-state index in [9.17, 15) is 18.4 Å². The minimum Gasteiger partial charge on any atom is -0.376 e. The van der Waals surface area contributed by atoms with E-state index in [2.05, 4.69) is 10.3 Å². The van der Waals surface area contributed by atoms with Gasteiger partial charge in [-0.25, -0.2) is 13.6 Å². The molecule has 0 aliphatic carbocycles. The lowest BCUT2D eigenvalue weighted by molar-refractivity contribution is 0.0491. The summed E-state index contributed by atoms with van der Waals surface area (Å²) >= 11 is 0. The molecule has 0 saturated carbocycles. The van der Waals surface area contributed by atoms with Gasteiger partial charge >= 0.3 is 6.03 Å². The van der Waals surface area contributed by atoms with Crippen LogP contribution in [0.25, 0.3) is 0 Å². The van der Waals surface area contributed by atoms with Crippen LogP contribution >= 0.6 is 0 Å². The van der Waals surface area contributed by atoms with Gasteiger partial charge in [-0.05, 0) is 24.1 Å². The van der Waals surface area contributed by atoms with Gasteiger partial charge in [0, 0.05) is 35.6 Å². The SMILES string of the molecule is CN(C(=O)Nc1ccc(F)c(F)c1)[C@H]1COCc2[nH]c(=O)c3c(c21)CCOC3. The molecule has 2 amide bonds. The van der Waals surface area contributed by atoms with Crippen molar-refractivity contribution in [1.82, 2.24) is 9.88 Å². The predicted molar refractivity (Wildman–Crippen MR) is 96.0 cm³/mol. The summed E-state index contributed by atoms with van der Waals surface area (Å²) in [5.74, 6) is -2.03. The standard InChI is InChI=1S/C19H19F2N3O4/c1-24(19(26)22-10-2-3-13(20)14(21)6-10)16-9-28-8-15-17(16)11-4-5-27-7-12(11)18(25)23-15/h2-3,6,16H,4-5,7-9H2,1H3,(H,22,26)(H,23,25)/t16-/m0/s1. The molecule has 1 aromatic carbocycles. The summed E-state index contributed by atoms with van der Waals surface area (Å²) < 4.78 is 37.5. The van der Waals surface area contributed by atoms with Gasteiger partial charge in [0.25, 0.3) is 5.56 Å². The molecule has 2 N–H and O–H groups in total. The van der Waals surface area contributed by atoms with Crippen molar-refractivity contribution in [3.63, 3.8) is 0 Å². The number of fused-ring (bicyclic) bond motifs is 3. The Morgan fingerprint density at radius 3 is 2.82 bits per heavy atom. The van der Waals surface area contributed by atoms with E-state index in [-0.39, 0.29) is 31.1 Å². The number of anilines is 1. The number of halogens is 2. The van der Waals surface area contributed by atoms with Crippen LogP contribution in [-0.4, -0.2) is 36.2 Å². The number of carbonyl (C=O) groups excluding carboxylic acids is 1. The molecule has 0 spiro atoms. The number of hydrogen-bond donors (Lipinski definition) is 2. The molecule has 4 rings (SSSR count). The maximum atomic E-state index is 13.4. The lowest BCUT2D eigenvalue weighted by Gasteiger charge is -2.35. The average Bonchev–Trinajstić information content (AvgIpc) is 2.70. The molecule has 0 bridgehead atoms. The molecule has 2 aromatic rings. The highest BCUT2D eigenvalue weighted by Crippen LogP contribution is 2.33. The van der Waals surface area contributed by atoms with Crippen LogP contribution in [0.15, 0.2) is 23.0 Å². The first-order valence-corrected chi connectivity index (χ1v) is 8.87. The molecule has 2 aliphatic heterocycles. The molecule has 9 heteroatoms. The quantitative estimate of drug-likeness (QED) is 0.824. The fourth-order valence-corrected chi connectivity index (χ4v) is 3.65. The van der Waals surface area contributed by atoms with Gasteiger partial charge in [-0.3, -0.25) is 4.79 Å². The molecule has 1 atom stereocenters. The zero-order valence-corrected chi connectivity index (χ0v) is 15.2. The molecule has 28 heavy (non-hydrogen) atoms. The number of H-pyrrole nitrogens is 1. The third-order valence-electron chi connectivity index (χ3n) is 5.11. The number of pyridine rings is 1. The highest BCUT2D eigenvalue weighted by atomic mass is 19.2. The van der Waals surface area contributed by atoms with Crippen LogP contribution in [-0.2, 0) is 29.1 Å². The lowest BCUT2D eigenvalue weighted by Crippen LogP contribution is -2.41. The van der Waals surface area contributed by atoms with Crippen molar-refractivity contribution < 1.29 is 23.0 Å². The van der Waals surface area contributed by atoms with E-state index in [0.29, 0.717) is 24.3 Å². The number of carbonyl (C=O) groups is 1. The number of amides is 2. The Morgan fingerprint density at radius 1 is 1.21 bits per heavy atom. The number of benzene rings is 1. The van der Waals surface area contributed by atoms with E-state index in [0.717, 1.165) is 23.3 Å². The van der Waals surface area contributed by atoms with Crippen LogP contribution in [0.1, 0.15) is 28.4 Å². The van der Waals surface area contributed by atoms with E-state index in [4.69, 9.17) is 9.47 Å². The van der Waals surface area contributed by atoms with Crippen LogP contribution in [0.5, 0.6) is 0 Å². The topological polar surface area (TPSA) is 83.7 Å². The second-order valence-corrected chi connectivity index (χ2v) is 6.81. The van der Waals surface area contributed by atoms with Crippen LogP contribution < -0.4 is 10.9 Å². The predicted octanol–water partition coefficient (Wildman–Crippen LogP) is 2.46. The van der Waals surface area contributed by atoms with Gasteiger partial charge in [0.2, 0.25) is 0 Å². The Morgan fingerprint density at radius 2 is 2.04 bits per heavy atom. The Labute approximate surface area is 159 Å². The molecule has 7 nitrogen and oxygen atoms in total. The van der Waals surface area contributed by atoms with Crippen molar-refractivity contribution in [3.05, 3.63) is 62.6 Å². The fraction of sp³-hybridized carbons (Fsp3) is 0.368. The monoisotopic (exact) mass is 391 g/mol. The number of nitrogens with one attached hydrogen (secondary N) is 2. The number of aromatic amines is 1. The first-order valence-electron chi connectivity index (χ1n) is 8.87. The number of rotatable bonds is 2. The van der Waals surface area contributed by atoms with Crippen molar-refractivity contribution in [1.29, 1.82) is 0 Å². The summed E-state index contributed by atoms with van der Waals surface area (Å²) in [5.41, 5.74) is 2.93. The van der Waals surface area contributed by atoms with Crippen molar-refractivity contribution in [2.75, 3.05) is 25.6 Å². The van der Waals surface area contributed by atoms with Crippen LogP contribution in [0.4, 0.5) is 19.3 Å². The summed E-state index contributed by atoms with van der Waals surface area (Å²) in [6, 6.07) is 2.22. The second-order valence-electron chi connectivity index (χ2n) is 6.81. The number of hydrogen-bond acceptors (Lipinski definition) is 4. The minimum atomic E-state index is -1.04. The zero-order chi connectivity index (χ0) is 19.8. The van der Waals surface area contributed by atoms with Crippen LogP contribution in [0.3, 0.4) is 0 Å². The van der Waals surface area contributed by atoms with Crippen molar-refractivity contribution in [3.8, 4) is 0 Å². The zero-order valence-electron chi connectivity index (χ0n) is 15.2. The van der Waals surface area contributed by atoms with Gasteiger partial charge in [-0.15, -0.1) is 0 Å². The Bertz CT molecular complexity index is 992. The van der Waals surface area contributed by atoms with Gasteiger partial charge < -0.3 is 24.7 Å². The molecular weight excluding hydrogens is 372 g/mol. The maximum Gasteiger partial charge on any atom is 0.322 e. The Balaban J connectivity index is 1.64. The third kappa shape index (κ3) is 3.27. The summed E-state index contributed by atoms with van der Waals surface area (Å²) in [5, 5.41) is 2.56. The third-order valence-corrected chi connectivity index (χ3v) is 5.11. The van der Waals surface area contributed by atoms with Crippen molar-refractivity contribution in [2.24, 2.45) is 0 Å². The molecule has 148 valence electrons. The molecule has 0 radical (unpaired) electrons. The van der Waals surface area contributed by atoms with Crippen LogP contribution in [0, 0.1) is 11.6 Å². The van der Waals surface area contributed by atoms with Gasteiger partial charge in [-0.2, -0.15) is 0 Å². The fourth-order valence-electron chi connectivity index (χ4n) is 3.65. The lowest BCUT2D eigenvalue weighted by atomic mass is 9.91. The molecule has 0 saturated heterocycles. The smallest absolute Gasteiger partial charge is 0.322 e. The summed E-state index contributed by atoms with van der Waals surface area (Å²) in [6.07, 6.45) is 0.580. The summed E-state index contributed by atoms with van der Waals surface area (Å²) in [4.78, 5) is 29.3. The van der Waals surface area contributed by atoms with Crippen LogP contribution in [0.2, 0.25) is 0 Å². The van der Waals surface area contributed by atoms with Gasteiger partial charge in [0.1, 0.15) is 0 Å². The van der Waals surface area contributed by atoms with Gasteiger partial charge in [0.05, 0.1) is 32.5 Å². The van der Waals surface area contributed by atoms with E-state index in [1.807, 2.05) is 0 Å². The van der Waals surface area contributed by atoms with Crippen molar-refractivity contribution in [2.45, 2.75) is 25.7 Å². The first-order chi connectivity index (χ1) is 13.5. The maximum absolute atomic E-state index is 13.4. The largest absolute Gasteiger partial charge is 0.376 e. The number of nitrogens with zero attached hydrogens (tertiary/aromatic N) is 1. The highest BCUT2D eigenvalue weighted by Gasteiger charge is 2.33. The van der Waals surface area contributed by atoms with E-state index < -0.39 is 23.7 Å². The molecule has 2 aliphatic rings.